The van der Waals surface area contributed by atoms with Gasteiger partial charge in [0.2, 0.25) is 17.7 Å². The first-order valence-corrected chi connectivity index (χ1v) is 13.6. The molecule has 1 aliphatic heterocycles. The predicted octanol–water partition coefficient (Wildman–Crippen LogP) is 4.03. The molecule has 2 unspecified atom stereocenters. The maximum atomic E-state index is 13.0. The van der Waals surface area contributed by atoms with Crippen LogP contribution in [-0.2, 0) is 14.4 Å². The molecular formula is C27H51N3O4. The van der Waals surface area contributed by atoms with Gasteiger partial charge in [0.05, 0.1) is 12.1 Å². The fraction of sp³-hybridized carbons (Fsp3) is 0.889. The van der Waals surface area contributed by atoms with Gasteiger partial charge in [-0.15, -0.1) is 0 Å². The molecule has 0 bridgehead atoms. The zero-order chi connectivity index (χ0) is 25.7. The smallest absolute Gasteiger partial charge is 0.242 e. The molecule has 1 saturated heterocycles. The molecule has 3 amide bonds. The highest BCUT2D eigenvalue weighted by Gasteiger charge is 2.30. The topological polar surface area (TPSA) is 98.7 Å². The van der Waals surface area contributed by atoms with E-state index in [-0.39, 0.29) is 30.1 Å². The van der Waals surface area contributed by atoms with Gasteiger partial charge in [-0.3, -0.25) is 14.4 Å². The lowest BCUT2D eigenvalue weighted by Crippen LogP contribution is -2.52. The van der Waals surface area contributed by atoms with Crippen molar-refractivity contribution >= 4 is 17.7 Å². The second kappa shape index (κ2) is 16.1. The number of nitrogens with one attached hydrogen (secondary N) is 2. The number of carbonyl (C=O) groups is 3. The standard InChI is InChI=1S/C27H51N3O4/c1-7-8-16-28-26(33)21(4)18-24(31)23-17-20(3)13-11-9-10-12-19(2)14-15-25(32)30(6)22(5)27(34)29-23/h19-24,31H,7-18H2,1-6H3,(H,28,33)(H,29,34)/t19-,20-,21?,22+,23+,24?/m1/s1. The Labute approximate surface area is 207 Å². The second-order valence-electron chi connectivity index (χ2n) is 10.8. The molecule has 1 rings (SSSR count). The van der Waals surface area contributed by atoms with E-state index in [1.54, 1.807) is 14.0 Å². The first kappa shape index (κ1) is 30.4. The van der Waals surface area contributed by atoms with Gasteiger partial charge in [-0.1, -0.05) is 66.2 Å². The maximum absolute atomic E-state index is 13.0. The number of nitrogens with zero attached hydrogens (tertiary/aromatic N) is 1. The van der Waals surface area contributed by atoms with Gasteiger partial charge in [-0.2, -0.15) is 0 Å². The lowest BCUT2D eigenvalue weighted by atomic mass is 9.88. The Morgan fingerprint density at radius 3 is 2.41 bits per heavy atom. The van der Waals surface area contributed by atoms with Crippen molar-refractivity contribution in [1.82, 2.24) is 15.5 Å². The van der Waals surface area contributed by atoms with E-state index in [0.717, 1.165) is 44.9 Å². The Balaban J connectivity index is 2.89. The minimum atomic E-state index is -0.828. The lowest BCUT2D eigenvalue weighted by Gasteiger charge is -2.31. The Hall–Kier alpha value is -1.63. The number of aliphatic hydroxyl groups is 1. The molecule has 1 fully saturated rings. The molecule has 0 aliphatic carbocycles. The van der Waals surface area contributed by atoms with Gasteiger partial charge < -0.3 is 20.6 Å². The fourth-order valence-corrected chi connectivity index (χ4v) is 4.61. The Kier molecular flexibility index (Phi) is 14.4. The van der Waals surface area contributed by atoms with Crippen LogP contribution in [0.2, 0.25) is 0 Å². The van der Waals surface area contributed by atoms with Gasteiger partial charge in [-0.25, -0.2) is 0 Å². The zero-order valence-electron chi connectivity index (χ0n) is 22.6. The summed E-state index contributed by atoms with van der Waals surface area (Å²) in [7, 11) is 1.68. The van der Waals surface area contributed by atoms with E-state index in [1.807, 2.05) is 6.92 Å². The van der Waals surface area contributed by atoms with Crippen LogP contribution in [0.1, 0.15) is 105 Å². The molecule has 0 saturated carbocycles. The van der Waals surface area contributed by atoms with Gasteiger partial charge in [0, 0.05) is 25.9 Å². The van der Waals surface area contributed by atoms with Crippen LogP contribution in [0.4, 0.5) is 0 Å². The monoisotopic (exact) mass is 481 g/mol. The van der Waals surface area contributed by atoms with Crippen LogP contribution >= 0.6 is 0 Å². The SMILES string of the molecule is CCCCNC(=O)C(C)CC(O)[C@@H]1C[C@H](C)CCCCC[C@@H](C)CCC(=O)N(C)[C@@H](C)C(=O)N1. The Morgan fingerprint density at radius 2 is 1.76 bits per heavy atom. The molecule has 198 valence electrons. The van der Waals surface area contributed by atoms with Gasteiger partial charge in [0.1, 0.15) is 6.04 Å². The predicted molar refractivity (Wildman–Crippen MR) is 137 cm³/mol. The minimum absolute atomic E-state index is 0.0237. The van der Waals surface area contributed by atoms with Crippen LogP contribution < -0.4 is 10.6 Å². The van der Waals surface area contributed by atoms with Crippen LogP contribution in [0.15, 0.2) is 0 Å². The average Bonchev–Trinajstić information content (AvgIpc) is 2.80. The van der Waals surface area contributed by atoms with E-state index in [0.29, 0.717) is 31.2 Å². The molecule has 6 atom stereocenters. The van der Waals surface area contributed by atoms with Crippen molar-refractivity contribution in [2.24, 2.45) is 17.8 Å². The van der Waals surface area contributed by atoms with Crippen LogP contribution in [-0.4, -0.2) is 59.5 Å². The van der Waals surface area contributed by atoms with Crippen molar-refractivity contribution in [3.8, 4) is 0 Å². The van der Waals surface area contributed by atoms with Gasteiger partial charge in [0.15, 0.2) is 0 Å². The van der Waals surface area contributed by atoms with E-state index >= 15 is 0 Å². The number of carbonyl (C=O) groups excluding carboxylic acids is 3. The van der Waals surface area contributed by atoms with Crippen LogP contribution in [0.25, 0.3) is 0 Å². The summed E-state index contributed by atoms with van der Waals surface area (Å²) in [6, 6.07) is -1.07. The molecule has 0 radical (unpaired) electrons. The Bertz CT molecular complexity index is 627. The summed E-state index contributed by atoms with van der Waals surface area (Å²) < 4.78 is 0. The molecule has 1 aliphatic rings. The minimum Gasteiger partial charge on any atom is -0.391 e. The van der Waals surface area contributed by atoms with Crippen LogP contribution in [0, 0.1) is 17.8 Å². The van der Waals surface area contributed by atoms with Crippen molar-refractivity contribution in [3.05, 3.63) is 0 Å². The third-order valence-electron chi connectivity index (χ3n) is 7.42. The number of hydrogen-bond acceptors (Lipinski definition) is 4. The number of rotatable bonds is 7. The van der Waals surface area contributed by atoms with Gasteiger partial charge in [-0.05, 0) is 44.4 Å². The third-order valence-corrected chi connectivity index (χ3v) is 7.42. The molecule has 0 aromatic carbocycles. The van der Waals surface area contributed by atoms with Gasteiger partial charge >= 0.3 is 0 Å². The first-order chi connectivity index (χ1) is 16.1. The van der Waals surface area contributed by atoms with Crippen molar-refractivity contribution in [3.63, 3.8) is 0 Å². The van der Waals surface area contributed by atoms with E-state index in [9.17, 15) is 19.5 Å². The highest BCUT2D eigenvalue weighted by molar-refractivity contribution is 5.87. The molecule has 7 nitrogen and oxygen atoms in total. The van der Waals surface area contributed by atoms with E-state index in [1.165, 1.54) is 11.3 Å². The van der Waals surface area contributed by atoms with Crippen molar-refractivity contribution in [1.29, 1.82) is 0 Å². The van der Waals surface area contributed by atoms with E-state index < -0.39 is 18.2 Å². The summed E-state index contributed by atoms with van der Waals surface area (Å²) in [5, 5.41) is 17.0. The van der Waals surface area contributed by atoms with Crippen LogP contribution in [0.3, 0.4) is 0 Å². The molecule has 0 spiro atoms. The summed E-state index contributed by atoms with van der Waals surface area (Å²) in [5.41, 5.74) is 0. The quantitative estimate of drug-likeness (QED) is 0.478. The number of likely N-dealkylation sites (N-methyl/N-ethyl adjacent to an activating group) is 1. The molecule has 3 N–H and O–H groups in total. The van der Waals surface area contributed by atoms with E-state index in [4.69, 9.17) is 0 Å². The summed E-state index contributed by atoms with van der Waals surface area (Å²) in [6.07, 6.45) is 8.97. The maximum Gasteiger partial charge on any atom is 0.242 e. The van der Waals surface area contributed by atoms with E-state index in [2.05, 4.69) is 31.4 Å². The zero-order valence-corrected chi connectivity index (χ0v) is 22.6. The summed E-state index contributed by atoms with van der Waals surface area (Å²) >= 11 is 0. The van der Waals surface area contributed by atoms with Crippen molar-refractivity contribution in [2.75, 3.05) is 13.6 Å². The highest BCUT2D eigenvalue weighted by Crippen LogP contribution is 2.22. The number of hydrogen-bond donors (Lipinski definition) is 3. The second-order valence-corrected chi connectivity index (χ2v) is 10.8. The third kappa shape index (κ3) is 11.2. The van der Waals surface area contributed by atoms with Crippen molar-refractivity contribution in [2.45, 2.75) is 123 Å². The largest absolute Gasteiger partial charge is 0.391 e. The molecule has 0 aromatic heterocycles. The number of amides is 3. The summed E-state index contributed by atoms with van der Waals surface area (Å²) in [4.78, 5) is 39.6. The average molecular weight is 482 g/mol. The highest BCUT2D eigenvalue weighted by atomic mass is 16.3. The molecule has 7 heteroatoms. The summed E-state index contributed by atoms with van der Waals surface area (Å²) in [6.45, 7) is 10.6. The normalized spacial score (nSPS) is 28.1. The number of aliphatic hydroxyl groups excluding tert-OH is 1. The lowest BCUT2D eigenvalue weighted by molar-refractivity contribution is -0.139. The molecule has 1 heterocycles. The van der Waals surface area contributed by atoms with Crippen LogP contribution in [0.5, 0.6) is 0 Å². The molecular weight excluding hydrogens is 430 g/mol. The number of unbranched alkanes of at least 4 members (excludes halogenated alkanes) is 1. The molecule has 34 heavy (non-hydrogen) atoms. The Morgan fingerprint density at radius 1 is 1.12 bits per heavy atom. The van der Waals surface area contributed by atoms with Crippen molar-refractivity contribution < 1.29 is 19.5 Å². The fourth-order valence-electron chi connectivity index (χ4n) is 4.61. The molecule has 0 aromatic rings. The van der Waals surface area contributed by atoms with Gasteiger partial charge in [0.25, 0.3) is 0 Å². The summed E-state index contributed by atoms with van der Waals surface area (Å²) in [5.74, 6) is 0.161. The first-order valence-electron chi connectivity index (χ1n) is 13.6.